The van der Waals surface area contributed by atoms with Crippen LogP contribution in [0.5, 0.6) is 0 Å². The van der Waals surface area contributed by atoms with Gasteiger partial charge in [-0.25, -0.2) is 9.97 Å². The number of nitrogens with one attached hydrogen (secondary N) is 1. The molecule has 3 rings (SSSR count). The third kappa shape index (κ3) is 3.17. The molecule has 0 saturated carbocycles. The van der Waals surface area contributed by atoms with Gasteiger partial charge in [0.2, 0.25) is 5.91 Å². The molecular formula is C13H13N5OS2. The van der Waals surface area contributed by atoms with Crippen LogP contribution < -0.4 is 11.1 Å². The molecule has 6 nitrogen and oxygen atoms in total. The van der Waals surface area contributed by atoms with Crippen molar-refractivity contribution in [2.24, 2.45) is 7.05 Å². The van der Waals surface area contributed by atoms with Crippen molar-refractivity contribution in [1.29, 1.82) is 0 Å². The Kier molecular flexibility index (Phi) is 3.80. The smallest absolute Gasteiger partial charge is 0.236 e. The number of amides is 1. The molecule has 8 heteroatoms. The van der Waals surface area contributed by atoms with Gasteiger partial charge in [-0.1, -0.05) is 23.1 Å². The molecule has 2 heterocycles. The number of nitrogens with two attached hydrogens (primary N) is 1. The minimum atomic E-state index is -0.102. The van der Waals surface area contributed by atoms with E-state index in [1.165, 1.54) is 23.1 Å². The number of rotatable bonds is 4. The number of carbonyl (C=O) groups is 1. The number of hydrogen-bond donors (Lipinski definition) is 2. The molecule has 1 aromatic carbocycles. The summed E-state index contributed by atoms with van der Waals surface area (Å²) in [6.07, 6.45) is 3.55. The van der Waals surface area contributed by atoms with Gasteiger partial charge in [0.15, 0.2) is 10.3 Å². The number of nitrogen functional groups attached to an aromatic ring is 1. The number of carbonyl (C=O) groups excluding carboxylic acids is 1. The Bertz CT molecular complexity index is 795. The molecule has 0 saturated heterocycles. The fraction of sp³-hybridized carbons (Fsp3) is 0.154. The number of fused-ring (bicyclic) bond motifs is 1. The first kappa shape index (κ1) is 13.9. The molecule has 3 N–H and O–H groups in total. The highest BCUT2D eigenvalue weighted by atomic mass is 32.2. The van der Waals surface area contributed by atoms with Crippen molar-refractivity contribution in [3.05, 3.63) is 30.6 Å². The van der Waals surface area contributed by atoms with E-state index < -0.39 is 0 Å². The minimum Gasteiger partial charge on any atom is -0.399 e. The molecule has 21 heavy (non-hydrogen) atoms. The zero-order valence-corrected chi connectivity index (χ0v) is 12.9. The number of aryl methyl sites for hydroxylation is 1. The van der Waals surface area contributed by atoms with Gasteiger partial charge in [-0.2, -0.15) is 0 Å². The summed E-state index contributed by atoms with van der Waals surface area (Å²) in [5.74, 6) is 0.193. The van der Waals surface area contributed by atoms with Crippen LogP contribution in [0.25, 0.3) is 10.2 Å². The largest absolute Gasteiger partial charge is 0.399 e. The lowest BCUT2D eigenvalue weighted by molar-refractivity contribution is -0.113. The Morgan fingerprint density at radius 3 is 3.14 bits per heavy atom. The lowest BCUT2D eigenvalue weighted by Crippen LogP contribution is -2.14. The quantitative estimate of drug-likeness (QED) is 0.569. The topological polar surface area (TPSA) is 85.8 Å². The fourth-order valence-corrected chi connectivity index (χ4v) is 3.43. The normalized spacial score (nSPS) is 10.9. The monoisotopic (exact) mass is 319 g/mol. The van der Waals surface area contributed by atoms with Crippen LogP contribution in [-0.2, 0) is 11.8 Å². The highest BCUT2D eigenvalue weighted by molar-refractivity contribution is 7.99. The second kappa shape index (κ2) is 5.74. The Labute approximate surface area is 129 Å². The first-order valence-corrected chi connectivity index (χ1v) is 7.98. The average Bonchev–Trinajstić information content (AvgIpc) is 3.01. The van der Waals surface area contributed by atoms with Crippen molar-refractivity contribution in [1.82, 2.24) is 14.5 Å². The summed E-state index contributed by atoms with van der Waals surface area (Å²) in [6, 6.07) is 5.50. The molecule has 0 unspecified atom stereocenters. The fourth-order valence-electron chi connectivity index (χ4n) is 1.77. The van der Waals surface area contributed by atoms with E-state index in [0.29, 0.717) is 16.6 Å². The number of thiazole rings is 1. The number of aromatic nitrogens is 3. The van der Waals surface area contributed by atoms with E-state index >= 15 is 0 Å². The van der Waals surface area contributed by atoms with Gasteiger partial charge in [-0.15, -0.1) is 0 Å². The lowest BCUT2D eigenvalue weighted by atomic mass is 10.3. The molecule has 0 fully saturated rings. The van der Waals surface area contributed by atoms with Crippen LogP contribution >= 0.6 is 23.1 Å². The third-order valence-electron chi connectivity index (χ3n) is 2.77. The molecule has 2 aromatic heterocycles. The first-order chi connectivity index (χ1) is 10.1. The Balaban J connectivity index is 1.64. The van der Waals surface area contributed by atoms with Crippen LogP contribution in [0.2, 0.25) is 0 Å². The summed E-state index contributed by atoms with van der Waals surface area (Å²) < 4.78 is 2.83. The van der Waals surface area contributed by atoms with E-state index in [1.807, 2.05) is 29.9 Å². The van der Waals surface area contributed by atoms with Gasteiger partial charge in [0, 0.05) is 25.1 Å². The molecule has 0 bridgehead atoms. The average molecular weight is 319 g/mol. The van der Waals surface area contributed by atoms with E-state index in [0.717, 1.165) is 15.4 Å². The van der Waals surface area contributed by atoms with Crippen molar-refractivity contribution in [2.75, 3.05) is 16.8 Å². The number of benzene rings is 1. The summed E-state index contributed by atoms with van der Waals surface area (Å²) in [5, 5.41) is 4.19. The van der Waals surface area contributed by atoms with Gasteiger partial charge >= 0.3 is 0 Å². The van der Waals surface area contributed by atoms with Crippen molar-refractivity contribution < 1.29 is 4.79 Å². The number of nitrogens with zero attached hydrogens (tertiary/aromatic N) is 3. The number of thioether (sulfide) groups is 1. The minimum absolute atomic E-state index is 0.102. The molecule has 0 aliphatic rings. The van der Waals surface area contributed by atoms with Crippen LogP contribution in [0.4, 0.5) is 10.8 Å². The van der Waals surface area contributed by atoms with E-state index in [-0.39, 0.29) is 5.91 Å². The molecular weight excluding hydrogens is 306 g/mol. The first-order valence-electron chi connectivity index (χ1n) is 6.18. The zero-order chi connectivity index (χ0) is 14.8. The Hall–Kier alpha value is -2.06. The van der Waals surface area contributed by atoms with E-state index in [2.05, 4.69) is 15.3 Å². The van der Waals surface area contributed by atoms with E-state index in [1.54, 1.807) is 12.3 Å². The van der Waals surface area contributed by atoms with Crippen molar-refractivity contribution in [2.45, 2.75) is 5.16 Å². The molecule has 1 amide bonds. The van der Waals surface area contributed by atoms with Crippen molar-refractivity contribution >= 4 is 50.0 Å². The van der Waals surface area contributed by atoms with Crippen LogP contribution in [0.3, 0.4) is 0 Å². The molecule has 0 radical (unpaired) electrons. The van der Waals surface area contributed by atoms with Gasteiger partial charge in [0.1, 0.15) is 0 Å². The highest BCUT2D eigenvalue weighted by Gasteiger charge is 2.10. The molecule has 0 spiro atoms. The number of imidazole rings is 1. The van der Waals surface area contributed by atoms with Gasteiger partial charge in [0.05, 0.1) is 16.0 Å². The summed E-state index contributed by atoms with van der Waals surface area (Å²) in [5.41, 5.74) is 7.25. The summed E-state index contributed by atoms with van der Waals surface area (Å²) in [6.45, 7) is 0. The third-order valence-corrected chi connectivity index (χ3v) is 4.76. The second-order valence-electron chi connectivity index (χ2n) is 4.40. The van der Waals surface area contributed by atoms with E-state index in [9.17, 15) is 4.79 Å². The van der Waals surface area contributed by atoms with E-state index in [4.69, 9.17) is 5.73 Å². The van der Waals surface area contributed by atoms with Crippen molar-refractivity contribution in [3.8, 4) is 0 Å². The summed E-state index contributed by atoms with van der Waals surface area (Å²) >= 11 is 2.80. The van der Waals surface area contributed by atoms with Gasteiger partial charge in [0.25, 0.3) is 0 Å². The maximum absolute atomic E-state index is 11.9. The van der Waals surface area contributed by atoms with Crippen LogP contribution in [-0.4, -0.2) is 26.2 Å². The van der Waals surface area contributed by atoms with Crippen LogP contribution in [0, 0.1) is 0 Å². The maximum Gasteiger partial charge on any atom is 0.236 e. The van der Waals surface area contributed by atoms with Crippen LogP contribution in [0.1, 0.15) is 0 Å². The molecule has 3 aromatic rings. The molecule has 0 aliphatic carbocycles. The highest BCUT2D eigenvalue weighted by Crippen LogP contribution is 2.27. The maximum atomic E-state index is 11.9. The summed E-state index contributed by atoms with van der Waals surface area (Å²) in [4.78, 5) is 20.5. The predicted molar refractivity (Wildman–Crippen MR) is 86.6 cm³/mol. The zero-order valence-electron chi connectivity index (χ0n) is 11.2. The number of anilines is 2. The molecule has 108 valence electrons. The van der Waals surface area contributed by atoms with Gasteiger partial charge < -0.3 is 15.6 Å². The standard InChI is InChI=1S/C13H13N5OS2/c1-18-5-4-15-13(18)20-7-11(19)17-12-16-9-3-2-8(14)6-10(9)21-12/h2-6H,7,14H2,1H3,(H,16,17,19). The van der Waals surface area contributed by atoms with Gasteiger partial charge in [-0.05, 0) is 18.2 Å². The number of hydrogen-bond acceptors (Lipinski definition) is 6. The Morgan fingerprint density at radius 1 is 1.52 bits per heavy atom. The second-order valence-corrected chi connectivity index (χ2v) is 6.38. The van der Waals surface area contributed by atoms with Gasteiger partial charge in [-0.3, -0.25) is 4.79 Å². The van der Waals surface area contributed by atoms with Crippen LogP contribution in [0.15, 0.2) is 35.7 Å². The molecule has 0 atom stereocenters. The Morgan fingerprint density at radius 2 is 2.38 bits per heavy atom. The summed E-state index contributed by atoms with van der Waals surface area (Å²) in [7, 11) is 1.89. The lowest BCUT2D eigenvalue weighted by Gasteiger charge is -2.01. The van der Waals surface area contributed by atoms with Crippen molar-refractivity contribution in [3.63, 3.8) is 0 Å². The predicted octanol–water partition coefficient (Wildman–Crippen LogP) is 2.34. The SMILES string of the molecule is Cn1ccnc1SCC(=O)Nc1nc2ccc(N)cc2s1. The molecule has 0 aliphatic heterocycles.